The van der Waals surface area contributed by atoms with Crippen molar-refractivity contribution in [1.29, 1.82) is 0 Å². The van der Waals surface area contributed by atoms with Crippen molar-refractivity contribution < 1.29 is 5.11 Å². The second kappa shape index (κ2) is 3.06. The van der Waals surface area contributed by atoms with Gasteiger partial charge in [-0.05, 0) is 6.42 Å². The van der Waals surface area contributed by atoms with Crippen molar-refractivity contribution in [3.63, 3.8) is 0 Å². The highest BCUT2D eigenvalue weighted by Crippen LogP contribution is 2.17. The molecule has 0 radical (unpaired) electrons. The van der Waals surface area contributed by atoms with Crippen molar-refractivity contribution in [2.75, 3.05) is 18.0 Å². The lowest BCUT2D eigenvalue weighted by molar-refractivity contribution is 0.198. The molecule has 2 heterocycles. The maximum absolute atomic E-state index is 9.28. The van der Waals surface area contributed by atoms with Gasteiger partial charge in [0.15, 0.2) is 0 Å². The molecule has 0 spiro atoms. The van der Waals surface area contributed by atoms with Crippen LogP contribution in [0.25, 0.3) is 0 Å². The topological polar surface area (TPSA) is 49.2 Å². The molecule has 1 aliphatic rings. The van der Waals surface area contributed by atoms with Crippen molar-refractivity contribution >= 4 is 5.69 Å². The zero-order valence-electron chi connectivity index (χ0n) is 6.72. The van der Waals surface area contributed by atoms with Gasteiger partial charge in [-0.15, -0.1) is 0 Å². The normalized spacial score (nSPS) is 23.1. The van der Waals surface area contributed by atoms with E-state index in [1.165, 1.54) is 6.33 Å². The van der Waals surface area contributed by atoms with E-state index in [0.29, 0.717) is 6.54 Å². The van der Waals surface area contributed by atoms with E-state index >= 15 is 0 Å². The highest BCUT2D eigenvalue weighted by Gasteiger charge is 2.20. The Morgan fingerprint density at radius 2 is 2.17 bits per heavy atom. The molecule has 1 N–H and O–H groups in total. The summed E-state index contributed by atoms with van der Waals surface area (Å²) in [5.74, 6) is 0. The van der Waals surface area contributed by atoms with Crippen LogP contribution in [-0.2, 0) is 0 Å². The minimum Gasteiger partial charge on any atom is -0.391 e. The van der Waals surface area contributed by atoms with E-state index in [2.05, 4.69) is 14.9 Å². The fourth-order valence-electron chi connectivity index (χ4n) is 1.43. The Balaban J connectivity index is 2.11. The Morgan fingerprint density at radius 1 is 1.42 bits per heavy atom. The van der Waals surface area contributed by atoms with Gasteiger partial charge in [-0.2, -0.15) is 0 Å². The van der Waals surface area contributed by atoms with Gasteiger partial charge in [0.1, 0.15) is 6.33 Å². The van der Waals surface area contributed by atoms with E-state index < -0.39 is 0 Å². The standard InChI is InChI=1S/C8H11N3O/c12-8-1-2-11(5-8)7-3-9-6-10-4-7/h3-4,6,8,12H,1-2,5H2/t8-/m0/s1. The molecule has 1 atom stereocenters. The fraction of sp³-hybridized carbons (Fsp3) is 0.500. The van der Waals surface area contributed by atoms with Crippen LogP contribution in [0.4, 0.5) is 5.69 Å². The molecule has 0 aromatic carbocycles. The average Bonchev–Trinajstić information content (AvgIpc) is 2.54. The first-order valence-electron chi connectivity index (χ1n) is 4.04. The molecular formula is C8H11N3O. The summed E-state index contributed by atoms with van der Waals surface area (Å²) in [6.07, 6.45) is 5.70. The summed E-state index contributed by atoms with van der Waals surface area (Å²) in [7, 11) is 0. The third-order valence-electron chi connectivity index (χ3n) is 2.08. The van der Waals surface area contributed by atoms with Crippen LogP contribution >= 0.6 is 0 Å². The average molecular weight is 165 g/mol. The summed E-state index contributed by atoms with van der Waals surface area (Å²) in [6, 6.07) is 0. The molecule has 1 aromatic rings. The first-order chi connectivity index (χ1) is 5.86. The third kappa shape index (κ3) is 1.38. The summed E-state index contributed by atoms with van der Waals surface area (Å²) >= 11 is 0. The number of hydrogen-bond donors (Lipinski definition) is 1. The molecule has 4 nitrogen and oxygen atoms in total. The van der Waals surface area contributed by atoms with Crippen LogP contribution in [0.1, 0.15) is 6.42 Å². The van der Waals surface area contributed by atoms with Gasteiger partial charge in [-0.25, -0.2) is 9.97 Å². The second-order valence-electron chi connectivity index (χ2n) is 2.99. The molecular weight excluding hydrogens is 154 g/mol. The van der Waals surface area contributed by atoms with Crippen LogP contribution < -0.4 is 4.90 Å². The van der Waals surface area contributed by atoms with Crippen molar-refractivity contribution in [1.82, 2.24) is 9.97 Å². The quantitative estimate of drug-likeness (QED) is 0.638. The second-order valence-corrected chi connectivity index (χ2v) is 2.99. The lowest BCUT2D eigenvalue weighted by Gasteiger charge is -2.15. The summed E-state index contributed by atoms with van der Waals surface area (Å²) in [5, 5.41) is 9.28. The number of hydrogen-bond acceptors (Lipinski definition) is 4. The molecule has 12 heavy (non-hydrogen) atoms. The van der Waals surface area contributed by atoms with Crippen molar-refractivity contribution in [3.8, 4) is 0 Å². The Hall–Kier alpha value is -1.16. The van der Waals surface area contributed by atoms with Crippen LogP contribution in [0.5, 0.6) is 0 Å². The van der Waals surface area contributed by atoms with Gasteiger partial charge >= 0.3 is 0 Å². The zero-order chi connectivity index (χ0) is 8.39. The van der Waals surface area contributed by atoms with E-state index in [4.69, 9.17) is 0 Å². The smallest absolute Gasteiger partial charge is 0.115 e. The number of anilines is 1. The Kier molecular flexibility index (Phi) is 1.91. The molecule has 1 aliphatic heterocycles. The molecule has 0 unspecified atom stereocenters. The van der Waals surface area contributed by atoms with Gasteiger partial charge in [-0.1, -0.05) is 0 Å². The zero-order valence-corrected chi connectivity index (χ0v) is 6.72. The fourth-order valence-corrected chi connectivity index (χ4v) is 1.43. The first kappa shape index (κ1) is 7.49. The third-order valence-corrected chi connectivity index (χ3v) is 2.08. The van der Waals surface area contributed by atoms with E-state index in [-0.39, 0.29) is 6.10 Å². The number of aliphatic hydroxyl groups excluding tert-OH is 1. The summed E-state index contributed by atoms with van der Waals surface area (Å²) in [5.41, 5.74) is 0.994. The van der Waals surface area contributed by atoms with Crippen LogP contribution in [0.15, 0.2) is 18.7 Å². The van der Waals surface area contributed by atoms with Crippen molar-refractivity contribution in [2.45, 2.75) is 12.5 Å². The monoisotopic (exact) mass is 165 g/mol. The molecule has 4 heteroatoms. The summed E-state index contributed by atoms with van der Waals surface area (Å²) in [6.45, 7) is 1.60. The van der Waals surface area contributed by atoms with E-state index in [0.717, 1.165) is 18.7 Å². The largest absolute Gasteiger partial charge is 0.391 e. The maximum atomic E-state index is 9.28. The molecule has 0 saturated carbocycles. The predicted octanol–water partition coefficient (Wildman–Crippen LogP) is 0.0476. The van der Waals surface area contributed by atoms with Crippen molar-refractivity contribution in [3.05, 3.63) is 18.7 Å². The van der Waals surface area contributed by atoms with E-state index in [9.17, 15) is 5.11 Å². The number of rotatable bonds is 1. The van der Waals surface area contributed by atoms with Gasteiger partial charge in [-0.3, -0.25) is 0 Å². The van der Waals surface area contributed by atoms with Gasteiger partial charge in [0, 0.05) is 13.1 Å². The van der Waals surface area contributed by atoms with Gasteiger partial charge in [0.2, 0.25) is 0 Å². The van der Waals surface area contributed by atoms with Gasteiger partial charge < -0.3 is 10.0 Å². The number of β-amino-alcohol motifs (C(OH)–C–C–N with tert-alkyl or cyclic N) is 1. The number of aromatic nitrogens is 2. The maximum Gasteiger partial charge on any atom is 0.115 e. The van der Waals surface area contributed by atoms with Gasteiger partial charge in [0.25, 0.3) is 0 Å². The van der Waals surface area contributed by atoms with E-state index in [1.54, 1.807) is 12.4 Å². The number of nitrogens with zero attached hydrogens (tertiary/aromatic N) is 3. The molecule has 1 saturated heterocycles. The molecule has 0 aliphatic carbocycles. The van der Waals surface area contributed by atoms with Crippen LogP contribution in [0, 0.1) is 0 Å². The summed E-state index contributed by atoms with van der Waals surface area (Å²) in [4.78, 5) is 9.93. The van der Waals surface area contributed by atoms with Crippen LogP contribution in [-0.4, -0.2) is 34.3 Å². The lowest BCUT2D eigenvalue weighted by atomic mass is 10.3. The minimum absolute atomic E-state index is 0.190. The minimum atomic E-state index is -0.190. The molecule has 0 amide bonds. The highest BCUT2D eigenvalue weighted by molar-refractivity contribution is 5.42. The van der Waals surface area contributed by atoms with Crippen molar-refractivity contribution in [2.24, 2.45) is 0 Å². The SMILES string of the molecule is O[C@H]1CCN(c2cncnc2)C1. The Bertz CT molecular complexity index is 252. The van der Waals surface area contributed by atoms with Gasteiger partial charge in [0.05, 0.1) is 24.2 Å². The van der Waals surface area contributed by atoms with Crippen LogP contribution in [0.3, 0.4) is 0 Å². The highest BCUT2D eigenvalue weighted by atomic mass is 16.3. The molecule has 1 aromatic heterocycles. The summed E-state index contributed by atoms with van der Waals surface area (Å²) < 4.78 is 0. The molecule has 1 fully saturated rings. The Labute approximate surface area is 70.9 Å². The van der Waals surface area contributed by atoms with Crippen LogP contribution in [0.2, 0.25) is 0 Å². The number of aliphatic hydroxyl groups is 1. The molecule has 2 rings (SSSR count). The Morgan fingerprint density at radius 3 is 2.75 bits per heavy atom. The first-order valence-corrected chi connectivity index (χ1v) is 4.04. The lowest BCUT2D eigenvalue weighted by Crippen LogP contribution is -2.21. The predicted molar refractivity (Wildman–Crippen MR) is 44.9 cm³/mol. The molecule has 0 bridgehead atoms. The van der Waals surface area contributed by atoms with E-state index in [1.807, 2.05) is 0 Å². The molecule has 64 valence electrons.